The first-order valence-electron chi connectivity index (χ1n) is 10.1. The van der Waals surface area contributed by atoms with Crippen molar-refractivity contribution in [1.82, 2.24) is 4.90 Å². The summed E-state index contributed by atoms with van der Waals surface area (Å²) in [4.78, 5) is 2.48. The normalized spacial score (nSPS) is 22.7. The van der Waals surface area contributed by atoms with Crippen molar-refractivity contribution in [3.05, 3.63) is 83.6 Å². The van der Waals surface area contributed by atoms with Crippen LogP contribution in [0.4, 0.5) is 0 Å². The molecule has 1 aliphatic heterocycles. The van der Waals surface area contributed by atoms with Crippen molar-refractivity contribution in [2.75, 3.05) is 19.7 Å². The molecular formula is C24H29NO2. The summed E-state index contributed by atoms with van der Waals surface area (Å²) in [7, 11) is 0. The van der Waals surface area contributed by atoms with Gasteiger partial charge in [0.2, 0.25) is 0 Å². The molecule has 2 aromatic rings. The molecule has 1 fully saturated rings. The van der Waals surface area contributed by atoms with E-state index in [0.717, 1.165) is 45.5 Å². The summed E-state index contributed by atoms with van der Waals surface area (Å²) in [6.45, 7) is 4.65. The van der Waals surface area contributed by atoms with Crippen molar-refractivity contribution in [1.29, 1.82) is 0 Å². The standard InChI is InChI=1S/C24H29NO2/c1-3-7-20(8-4-1)17-25-13-11-23(12-14-25)27-24-15-22(16-24)19-26-18-21-9-5-2-6-10-21/h1-11,22,24H,12-19H2. The summed E-state index contributed by atoms with van der Waals surface area (Å²) < 4.78 is 12.1. The quantitative estimate of drug-likeness (QED) is 0.673. The Balaban J connectivity index is 1.11. The fraction of sp³-hybridized carbons (Fsp3) is 0.417. The fourth-order valence-corrected chi connectivity index (χ4v) is 3.82. The van der Waals surface area contributed by atoms with Crippen LogP contribution in [0.2, 0.25) is 0 Å². The molecule has 1 aliphatic carbocycles. The molecule has 0 saturated heterocycles. The van der Waals surface area contributed by atoms with Gasteiger partial charge in [-0.1, -0.05) is 60.7 Å². The molecule has 2 aromatic carbocycles. The third-order valence-corrected chi connectivity index (χ3v) is 5.48. The van der Waals surface area contributed by atoms with Crippen LogP contribution in [0.5, 0.6) is 0 Å². The maximum atomic E-state index is 6.20. The summed E-state index contributed by atoms with van der Waals surface area (Å²) in [5, 5.41) is 0. The second-order valence-electron chi connectivity index (χ2n) is 7.72. The Bertz CT molecular complexity index is 723. The Kier molecular flexibility index (Phi) is 6.23. The predicted molar refractivity (Wildman–Crippen MR) is 108 cm³/mol. The van der Waals surface area contributed by atoms with E-state index < -0.39 is 0 Å². The number of nitrogens with zero attached hydrogens (tertiary/aromatic N) is 1. The smallest absolute Gasteiger partial charge is 0.0989 e. The van der Waals surface area contributed by atoms with Crippen LogP contribution in [-0.4, -0.2) is 30.7 Å². The molecule has 0 atom stereocenters. The van der Waals surface area contributed by atoms with Crippen molar-refractivity contribution < 1.29 is 9.47 Å². The van der Waals surface area contributed by atoms with Crippen molar-refractivity contribution >= 4 is 0 Å². The van der Waals surface area contributed by atoms with E-state index in [4.69, 9.17) is 9.47 Å². The van der Waals surface area contributed by atoms with Crippen LogP contribution in [0, 0.1) is 5.92 Å². The SMILES string of the molecule is C1=C(OC2CC(COCc3ccccc3)C2)CCN(Cc2ccccc2)C1. The Labute approximate surface area is 162 Å². The van der Waals surface area contributed by atoms with E-state index in [1.54, 1.807) is 0 Å². The zero-order valence-corrected chi connectivity index (χ0v) is 15.9. The lowest BCUT2D eigenvalue weighted by atomic mass is 9.83. The maximum absolute atomic E-state index is 6.20. The molecular weight excluding hydrogens is 334 g/mol. The molecule has 1 saturated carbocycles. The van der Waals surface area contributed by atoms with E-state index in [2.05, 4.69) is 65.6 Å². The molecule has 0 spiro atoms. The number of rotatable bonds is 8. The molecule has 4 rings (SSSR count). The Morgan fingerprint density at radius 2 is 1.59 bits per heavy atom. The summed E-state index contributed by atoms with van der Waals surface area (Å²) in [6, 6.07) is 21.1. The Morgan fingerprint density at radius 1 is 0.889 bits per heavy atom. The Morgan fingerprint density at radius 3 is 2.26 bits per heavy atom. The van der Waals surface area contributed by atoms with Crippen molar-refractivity contribution in [3.8, 4) is 0 Å². The van der Waals surface area contributed by atoms with E-state index in [-0.39, 0.29) is 0 Å². The highest BCUT2D eigenvalue weighted by atomic mass is 16.5. The molecule has 0 aromatic heterocycles. The summed E-state index contributed by atoms with van der Waals surface area (Å²) in [6.07, 6.45) is 5.94. The first-order valence-corrected chi connectivity index (χ1v) is 10.1. The molecule has 2 aliphatic rings. The molecule has 0 radical (unpaired) electrons. The number of hydrogen-bond acceptors (Lipinski definition) is 3. The van der Waals surface area contributed by atoms with Crippen molar-refractivity contribution in [3.63, 3.8) is 0 Å². The average molecular weight is 364 g/mol. The molecule has 0 amide bonds. The van der Waals surface area contributed by atoms with Gasteiger partial charge in [-0.25, -0.2) is 0 Å². The van der Waals surface area contributed by atoms with Gasteiger partial charge in [0.1, 0.15) is 0 Å². The highest BCUT2D eigenvalue weighted by molar-refractivity contribution is 5.15. The van der Waals surface area contributed by atoms with Crippen molar-refractivity contribution in [2.45, 2.75) is 38.5 Å². The molecule has 0 N–H and O–H groups in total. The Hall–Kier alpha value is -2.10. The highest BCUT2D eigenvalue weighted by Gasteiger charge is 2.31. The second kappa shape index (κ2) is 9.20. The van der Waals surface area contributed by atoms with Crippen LogP contribution in [0.25, 0.3) is 0 Å². The second-order valence-corrected chi connectivity index (χ2v) is 7.72. The predicted octanol–water partition coefficient (Wildman–Crippen LogP) is 4.79. The van der Waals surface area contributed by atoms with Crippen LogP contribution < -0.4 is 0 Å². The third kappa shape index (κ3) is 5.44. The zero-order valence-electron chi connectivity index (χ0n) is 15.9. The van der Waals surface area contributed by atoms with Gasteiger partial charge in [0.15, 0.2) is 0 Å². The van der Waals surface area contributed by atoms with E-state index in [9.17, 15) is 0 Å². The highest BCUT2D eigenvalue weighted by Crippen LogP contribution is 2.33. The average Bonchev–Trinajstić information content (AvgIpc) is 2.69. The van der Waals surface area contributed by atoms with Crippen LogP contribution in [-0.2, 0) is 22.6 Å². The first kappa shape index (κ1) is 18.3. The topological polar surface area (TPSA) is 21.7 Å². The van der Waals surface area contributed by atoms with Gasteiger partial charge in [-0.15, -0.1) is 0 Å². The number of benzene rings is 2. The van der Waals surface area contributed by atoms with Crippen LogP contribution in [0.15, 0.2) is 72.5 Å². The molecule has 142 valence electrons. The van der Waals surface area contributed by atoms with Gasteiger partial charge in [-0.2, -0.15) is 0 Å². The third-order valence-electron chi connectivity index (χ3n) is 5.48. The molecule has 3 heteroatoms. The monoisotopic (exact) mass is 363 g/mol. The minimum Gasteiger partial charge on any atom is -0.495 e. The minimum absolute atomic E-state index is 0.391. The van der Waals surface area contributed by atoms with Crippen LogP contribution in [0.3, 0.4) is 0 Å². The van der Waals surface area contributed by atoms with Gasteiger partial charge in [-0.05, 0) is 36.0 Å². The van der Waals surface area contributed by atoms with E-state index >= 15 is 0 Å². The summed E-state index contributed by atoms with van der Waals surface area (Å²) >= 11 is 0. The molecule has 1 heterocycles. The summed E-state index contributed by atoms with van der Waals surface area (Å²) in [5.41, 5.74) is 2.63. The lowest BCUT2D eigenvalue weighted by molar-refractivity contribution is -0.0359. The molecule has 0 bridgehead atoms. The number of hydrogen-bond donors (Lipinski definition) is 0. The first-order chi connectivity index (χ1) is 13.3. The molecule has 27 heavy (non-hydrogen) atoms. The van der Waals surface area contributed by atoms with Gasteiger partial charge in [0, 0.05) is 26.1 Å². The van der Waals surface area contributed by atoms with Gasteiger partial charge >= 0.3 is 0 Å². The van der Waals surface area contributed by atoms with E-state index in [1.165, 1.54) is 16.9 Å². The largest absolute Gasteiger partial charge is 0.495 e. The minimum atomic E-state index is 0.391. The fourth-order valence-electron chi connectivity index (χ4n) is 3.82. The van der Waals surface area contributed by atoms with Crippen LogP contribution >= 0.6 is 0 Å². The molecule has 0 unspecified atom stereocenters. The van der Waals surface area contributed by atoms with Gasteiger partial charge in [0.25, 0.3) is 0 Å². The van der Waals surface area contributed by atoms with Gasteiger partial charge in [-0.3, -0.25) is 4.90 Å². The summed E-state index contributed by atoms with van der Waals surface area (Å²) in [5.74, 6) is 1.84. The zero-order chi connectivity index (χ0) is 18.3. The van der Waals surface area contributed by atoms with E-state index in [1.807, 2.05) is 6.07 Å². The van der Waals surface area contributed by atoms with Crippen LogP contribution in [0.1, 0.15) is 30.4 Å². The van der Waals surface area contributed by atoms with E-state index in [0.29, 0.717) is 18.6 Å². The lowest BCUT2D eigenvalue weighted by Crippen LogP contribution is -2.35. The van der Waals surface area contributed by atoms with Gasteiger partial charge < -0.3 is 9.47 Å². The maximum Gasteiger partial charge on any atom is 0.0989 e. The lowest BCUT2D eigenvalue weighted by Gasteiger charge is -2.37. The molecule has 3 nitrogen and oxygen atoms in total. The van der Waals surface area contributed by atoms with Gasteiger partial charge in [0.05, 0.1) is 25.1 Å². The van der Waals surface area contributed by atoms with Crippen molar-refractivity contribution in [2.24, 2.45) is 5.92 Å². The number of ether oxygens (including phenoxy) is 2.